The zero-order valence-corrected chi connectivity index (χ0v) is 18.4. The van der Waals surface area contributed by atoms with E-state index in [0.29, 0.717) is 5.52 Å². The van der Waals surface area contributed by atoms with Crippen LogP contribution in [-0.2, 0) is 11.3 Å². The van der Waals surface area contributed by atoms with Gasteiger partial charge >= 0.3 is 0 Å². The number of nitrogens with zero attached hydrogens (tertiary/aromatic N) is 3. The Hall–Kier alpha value is -2.15. The minimum Gasteiger partial charge on any atom is -0.351 e. The molecule has 7 heteroatoms. The number of carbonyl (C=O) groups is 1. The van der Waals surface area contributed by atoms with Crippen molar-refractivity contribution in [3.8, 4) is 0 Å². The Morgan fingerprint density at radius 2 is 1.90 bits per heavy atom. The van der Waals surface area contributed by atoms with E-state index in [4.69, 9.17) is 0 Å². The molecule has 0 spiro atoms. The Morgan fingerprint density at radius 3 is 2.57 bits per heavy atom. The molecule has 4 bridgehead atoms. The molecule has 30 heavy (non-hydrogen) atoms. The van der Waals surface area contributed by atoms with E-state index < -0.39 is 0 Å². The summed E-state index contributed by atoms with van der Waals surface area (Å²) in [6.45, 7) is 4.04. The van der Waals surface area contributed by atoms with Crippen molar-refractivity contribution in [3.05, 3.63) is 33.7 Å². The lowest BCUT2D eigenvalue weighted by molar-refractivity contribution is -0.126. The standard InChI is InChI=1S/C23H28N4O2S/c1-13(23-9-15-5-16(10-23)7-17(6-15)11-23)24-21(28)12-26-22(29)19-8-20-18(3-4-30-20)27(19)14(2)25-26/h3-4,8,13,15-17H,5-7,9-12H2,1-2H3,(H,24,28)/t13-,15?,16?,17?,23?/m0/s1. The van der Waals surface area contributed by atoms with Crippen LogP contribution in [0.4, 0.5) is 0 Å². The van der Waals surface area contributed by atoms with Crippen molar-refractivity contribution in [2.45, 2.75) is 65.0 Å². The summed E-state index contributed by atoms with van der Waals surface area (Å²) in [5.41, 5.74) is 1.64. The van der Waals surface area contributed by atoms with Gasteiger partial charge in [-0.1, -0.05) is 0 Å². The molecular formula is C23H28N4O2S. The van der Waals surface area contributed by atoms with Crippen molar-refractivity contribution in [1.29, 1.82) is 0 Å². The van der Waals surface area contributed by atoms with Gasteiger partial charge in [0.1, 0.15) is 17.9 Å². The highest BCUT2D eigenvalue weighted by Crippen LogP contribution is 2.61. The molecule has 0 saturated heterocycles. The summed E-state index contributed by atoms with van der Waals surface area (Å²) in [6.07, 6.45) is 7.95. The largest absolute Gasteiger partial charge is 0.351 e. The number of amides is 1. The summed E-state index contributed by atoms with van der Waals surface area (Å²) < 4.78 is 4.28. The number of aromatic nitrogens is 3. The Morgan fingerprint density at radius 1 is 1.23 bits per heavy atom. The van der Waals surface area contributed by atoms with E-state index in [1.807, 2.05) is 28.8 Å². The number of aryl methyl sites for hydroxylation is 1. The van der Waals surface area contributed by atoms with Crippen LogP contribution in [0.5, 0.6) is 0 Å². The maximum atomic E-state index is 13.0. The maximum absolute atomic E-state index is 13.0. The first kappa shape index (κ1) is 18.6. The quantitative estimate of drug-likeness (QED) is 0.694. The Balaban J connectivity index is 1.24. The average molecular weight is 425 g/mol. The van der Waals surface area contributed by atoms with Gasteiger partial charge in [0.05, 0.1) is 10.2 Å². The number of hydrogen-bond acceptors (Lipinski definition) is 4. The summed E-state index contributed by atoms with van der Waals surface area (Å²) in [5.74, 6) is 3.18. The third-order valence-corrected chi connectivity index (χ3v) is 8.99. The lowest BCUT2D eigenvalue weighted by Gasteiger charge is -2.59. The zero-order valence-electron chi connectivity index (χ0n) is 17.6. The number of hydrogen-bond donors (Lipinski definition) is 1. The number of nitrogens with one attached hydrogen (secondary N) is 1. The Labute approximate surface area is 179 Å². The molecule has 0 unspecified atom stereocenters. The van der Waals surface area contributed by atoms with E-state index in [1.54, 1.807) is 11.3 Å². The smallest absolute Gasteiger partial charge is 0.291 e. The molecule has 7 rings (SSSR count). The molecule has 4 saturated carbocycles. The molecule has 1 atom stereocenters. The summed E-state index contributed by atoms with van der Waals surface area (Å²) >= 11 is 1.61. The van der Waals surface area contributed by atoms with Crippen molar-refractivity contribution < 1.29 is 4.79 Å². The first-order valence-corrected chi connectivity index (χ1v) is 12.1. The lowest BCUT2D eigenvalue weighted by atomic mass is 9.48. The van der Waals surface area contributed by atoms with Gasteiger partial charge in [-0.15, -0.1) is 11.3 Å². The van der Waals surface area contributed by atoms with Gasteiger partial charge in [-0.3, -0.25) is 14.0 Å². The molecule has 3 aromatic rings. The minimum atomic E-state index is -0.207. The summed E-state index contributed by atoms with van der Waals surface area (Å²) in [4.78, 5) is 25.9. The van der Waals surface area contributed by atoms with E-state index in [9.17, 15) is 9.59 Å². The van der Waals surface area contributed by atoms with E-state index in [2.05, 4.69) is 17.3 Å². The van der Waals surface area contributed by atoms with Crippen molar-refractivity contribution in [2.75, 3.05) is 0 Å². The van der Waals surface area contributed by atoms with Crippen LogP contribution in [0.15, 0.2) is 22.3 Å². The van der Waals surface area contributed by atoms with Crippen LogP contribution in [0.25, 0.3) is 15.7 Å². The Bertz CT molecular complexity index is 1180. The molecule has 4 fully saturated rings. The van der Waals surface area contributed by atoms with Gasteiger partial charge < -0.3 is 5.32 Å². The zero-order chi connectivity index (χ0) is 20.6. The highest BCUT2D eigenvalue weighted by atomic mass is 32.1. The molecule has 158 valence electrons. The SMILES string of the molecule is Cc1nn(CC(=O)N[C@@H](C)C23CC4CC(CC(C4)C2)C3)c(=O)c2cc3sccc3n12. The third-order valence-electron chi connectivity index (χ3n) is 8.14. The van der Waals surface area contributed by atoms with Crippen LogP contribution in [0.2, 0.25) is 0 Å². The second-order valence-corrected chi connectivity index (χ2v) is 11.1. The van der Waals surface area contributed by atoms with Gasteiger partial charge in [-0.2, -0.15) is 5.10 Å². The highest BCUT2D eigenvalue weighted by molar-refractivity contribution is 7.17. The molecule has 3 aromatic heterocycles. The van der Waals surface area contributed by atoms with Crippen LogP contribution < -0.4 is 10.9 Å². The topological polar surface area (TPSA) is 68.4 Å². The van der Waals surface area contributed by atoms with E-state index in [0.717, 1.165) is 33.8 Å². The van der Waals surface area contributed by atoms with Gasteiger partial charge in [0.25, 0.3) is 5.56 Å². The van der Waals surface area contributed by atoms with Crippen LogP contribution in [0.1, 0.15) is 51.3 Å². The highest BCUT2D eigenvalue weighted by Gasteiger charge is 2.53. The molecule has 6 nitrogen and oxygen atoms in total. The number of carbonyl (C=O) groups excluding carboxylic acids is 1. The normalized spacial score (nSPS) is 30.9. The molecule has 4 aliphatic rings. The molecular weight excluding hydrogens is 396 g/mol. The van der Waals surface area contributed by atoms with Crippen LogP contribution >= 0.6 is 11.3 Å². The maximum Gasteiger partial charge on any atom is 0.291 e. The van der Waals surface area contributed by atoms with Gasteiger partial charge in [-0.05, 0) is 93.1 Å². The van der Waals surface area contributed by atoms with Gasteiger partial charge in [0.15, 0.2) is 0 Å². The fraction of sp³-hybridized carbons (Fsp3) is 0.609. The predicted octanol–water partition coefficient (Wildman–Crippen LogP) is 3.74. The second-order valence-electron chi connectivity index (χ2n) is 10.1. The van der Waals surface area contributed by atoms with Crippen molar-refractivity contribution in [1.82, 2.24) is 19.5 Å². The summed E-state index contributed by atoms with van der Waals surface area (Å²) in [5, 5.41) is 9.73. The van der Waals surface area contributed by atoms with Crippen LogP contribution in [0.3, 0.4) is 0 Å². The first-order chi connectivity index (χ1) is 14.4. The second kappa shape index (κ2) is 6.42. The molecule has 0 aromatic carbocycles. The van der Waals surface area contributed by atoms with Gasteiger partial charge in [0, 0.05) is 6.04 Å². The lowest BCUT2D eigenvalue weighted by Crippen LogP contribution is -2.56. The van der Waals surface area contributed by atoms with E-state index >= 15 is 0 Å². The molecule has 1 N–H and O–H groups in total. The molecule has 1 amide bonds. The predicted molar refractivity (Wildman–Crippen MR) is 118 cm³/mol. The van der Waals surface area contributed by atoms with Gasteiger partial charge in [0.2, 0.25) is 5.91 Å². The van der Waals surface area contributed by atoms with E-state index in [1.165, 1.54) is 43.2 Å². The monoisotopic (exact) mass is 424 g/mol. The Kier molecular flexibility index (Phi) is 3.98. The summed E-state index contributed by atoms with van der Waals surface area (Å²) in [6, 6.07) is 4.06. The minimum absolute atomic E-state index is 0.0221. The molecule has 3 heterocycles. The number of fused-ring (bicyclic) bond motifs is 3. The fourth-order valence-corrected chi connectivity index (χ4v) is 8.02. The third kappa shape index (κ3) is 2.70. The van der Waals surface area contributed by atoms with Crippen molar-refractivity contribution in [3.63, 3.8) is 0 Å². The molecule has 0 radical (unpaired) electrons. The van der Waals surface area contributed by atoms with Crippen LogP contribution in [-0.4, -0.2) is 26.1 Å². The van der Waals surface area contributed by atoms with E-state index in [-0.39, 0.29) is 29.5 Å². The molecule has 0 aliphatic heterocycles. The fourth-order valence-electron chi connectivity index (χ4n) is 7.22. The molecule has 4 aliphatic carbocycles. The number of rotatable bonds is 4. The number of thiophene rings is 1. The van der Waals surface area contributed by atoms with Gasteiger partial charge in [-0.25, -0.2) is 4.68 Å². The average Bonchev–Trinajstić information content (AvgIpc) is 3.26. The first-order valence-electron chi connectivity index (χ1n) is 11.2. The van der Waals surface area contributed by atoms with Crippen molar-refractivity contribution >= 4 is 33.0 Å². The van der Waals surface area contributed by atoms with Crippen LogP contribution in [0, 0.1) is 30.1 Å². The summed E-state index contributed by atoms with van der Waals surface area (Å²) in [7, 11) is 0. The van der Waals surface area contributed by atoms with Crippen molar-refractivity contribution in [2.24, 2.45) is 23.2 Å².